The molecule has 0 saturated heterocycles. The van der Waals surface area contributed by atoms with E-state index in [0.717, 1.165) is 43.1 Å². The monoisotopic (exact) mass is 419 g/mol. The molecule has 6 heteroatoms. The Balaban J connectivity index is 1.47. The summed E-state index contributed by atoms with van der Waals surface area (Å²) in [6.45, 7) is 1.06. The maximum atomic E-state index is 13.3. The Morgan fingerprint density at radius 1 is 1.17 bits per heavy atom. The first kappa shape index (κ1) is 19.2. The second kappa shape index (κ2) is 8.19. The summed E-state index contributed by atoms with van der Waals surface area (Å²) in [6.07, 6.45) is 6.45. The summed E-state index contributed by atoms with van der Waals surface area (Å²) in [5, 5.41) is 8.05. The van der Waals surface area contributed by atoms with Gasteiger partial charge in [-0.15, -0.1) is 0 Å². The van der Waals surface area contributed by atoms with Crippen LogP contribution in [0, 0.1) is 0 Å². The molecular weight excluding hydrogens is 394 g/mol. The molecule has 3 heterocycles. The molecule has 1 aliphatic heterocycles. The van der Waals surface area contributed by atoms with Crippen LogP contribution in [0.5, 0.6) is 0 Å². The van der Waals surface area contributed by atoms with Gasteiger partial charge in [0.25, 0.3) is 11.8 Å². The number of nitrogens with zero attached hydrogens (tertiary/aromatic N) is 2. The lowest BCUT2D eigenvalue weighted by Crippen LogP contribution is -2.37. The third kappa shape index (κ3) is 3.49. The lowest BCUT2D eigenvalue weighted by atomic mass is 9.94. The van der Waals surface area contributed by atoms with Crippen molar-refractivity contribution in [2.24, 2.45) is 0 Å². The van der Waals surface area contributed by atoms with Crippen molar-refractivity contribution in [2.45, 2.75) is 51.1 Å². The third-order valence-electron chi connectivity index (χ3n) is 6.31. The van der Waals surface area contributed by atoms with E-state index in [9.17, 15) is 9.59 Å². The number of pyridine rings is 1. The van der Waals surface area contributed by atoms with Gasteiger partial charge in [0.15, 0.2) is 0 Å². The first-order valence-electron chi connectivity index (χ1n) is 10.7. The van der Waals surface area contributed by atoms with Gasteiger partial charge in [-0.2, -0.15) is 11.3 Å². The zero-order valence-corrected chi connectivity index (χ0v) is 17.7. The fourth-order valence-electron chi connectivity index (χ4n) is 4.75. The van der Waals surface area contributed by atoms with Crippen LogP contribution in [0.2, 0.25) is 0 Å². The van der Waals surface area contributed by atoms with Crippen LogP contribution < -0.4 is 5.32 Å². The van der Waals surface area contributed by atoms with E-state index >= 15 is 0 Å². The van der Waals surface area contributed by atoms with E-state index in [2.05, 4.69) is 21.7 Å². The van der Waals surface area contributed by atoms with E-state index in [0.29, 0.717) is 29.9 Å². The van der Waals surface area contributed by atoms with Crippen LogP contribution in [0.15, 0.2) is 41.1 Å². The Morgan fingerprint density at radius 3 is 2.80 bits per heavy atom. The molecule has 0 radical (unpaired) electrons. The Kier molecular flexibility index (Phi) is 5.25. The first-order chi connectivity index (χ1) is 14.7. The van der Waals surface area contributed by atoms with Crippen LogP contribution in [-0.4, -0.2) is 34.3 Å². The van der Waals surface area contributed by atoms with Gasteiger partial charge in [0.05, 0.1) is 11.1 Å². The second-order valence-corrected chi connectivity index (χ2v) is 8.97. The van der Waals surface area contributed by atoms with Crippen LogP contribution >= 0.6 is 11.3 Å². The predicted molar refractivity (Wildman–Crippen MR) is 119 cm³/mol. The number of aromatic nitrogens is 1. The highest BCUT2D eigenvalue weighted by Crippen LogP contribution is 2.34. The minimum Gasteiger partial charge on any atom is -0.352 e. The molecule has 3 aromatic rings. The number of hydrogen-bond donors (Lipinski definition) is 1. The molecule has 0 bridgehead atoms. The van der Waals surface area contributed by atoms with E-state index in [-0.39, 0.29) is 17.9 Å². The van der Waals surface area contributed by atoms with E-state index in [1.165, 1.54) is 12.0 Å². The number of fused-ring (bicyclic) bond motifs is 2. The van der Waals surface area contributed by atoms with Gasteiger partial charge in [-0.3, -0.25) is 9.59 Å². The number of nitrogens with one attached hydrogen (secondary N) is 1. The van der Waals surface area contributed by atoms with Gasteiger partial charge in [-0.1, -0.05) is 37.5 Å². The second-order valence-electron chi connectivity index (χ2n) is 8.19. The smallest absolute Gasteiger partial charge is 0.273 e. The number of rotatable bonds is 5. The van der Waals surface area contributed by atoms with E-state index in [1.54, 1.807) is 11.3 Å². The number of thiophene rings is 1. The number of para-hydroxylation sites is 1. The Bertz CT molecular complexity index is 1090. The minimum absolute atomic E-state index is 0.0185. The van der Waals surface area contributed by atoms with Crippen molar-refractivity contribution >= 4 is 34.1 Å². The molecule has 1 N–H and O–H groups in total. The Labute approximate surface area is 180 Å². The van der Waals surface area contributed by atoms with Crippen LogP contribution in [0.3, 0.4) is 0 Å². The lowest BCUT2D eigenvalue weighted by molar-refractivity contribution is 0.0655. The van der Waals surface area contributed by atoms with Crippen LogP contribution in [0.25, 0.3) is 10.9 Å². The number of hydrogen-bond acceptors (Lipinski definition) is 4. The summed E-state index contributed by atoms with van der Waals surface area (Å²) < 4.78 is 0. The highest BCUT2D eigenvalue weighted by molar-refractivity contribution is 7.07. The number of benzene rings is 1. The highest BCUT2D eigenvalue weighted by atomic mass is 32.1. The largest absolute Gasteiger partial charge is 0.352 e. The van der Waals surface area contributed by atoms with Crippen molar-refractivity contribution in [1.29, 1.82) is 0 Å². The quantitative estimate of drug-likeness (QED) is 0.660. The number of carbonyl (C=O) groups is 2. The van der Waals surface area contributed by atoms with E-state index in [1.807, 2.05) is 34.5 Å². The van der Waals surface area contributed by atoms with Gasteiger partial charge in [-0.25, -0.2) is 4.98 Å². The zero-order valence-electron chi connectivity index (χ0n) is 16.9. The number of amides is 2. The van der Waals surface area contributed by atoms with Gasteiger partial charge in [0, 0.05) is 30.1 Å². The third-order valence-corrected chi connectivity index (χ3v) is 7.04. The molecule has 5 rings (SSSR count). The number of carbonyl (C=O) groups excluding carboxylic acids is 2. The van der Waals surface area contributed by atoms with Crippen LogP contribution in [0.1, 0.15) is 64.1 Å². The molecule has 2 amide bonds. The van der Waals surface area contributed by atoms with Crippen molar-refractivity contribution in [2.75, 3.05) is 6.54 Å². The fourth-order valence-corrected chi connectivity index (χ4v) is 5.45. The van der Waals surface area contributed by atoms with Crippen molar-refractivity contribution in [3.8, 4) is 0 Å². The summed E-state index contributed by atoms with van der Waals surface area (Å²) in [4.78, 5) is 33.1. The molecule has 1 aromatic carbocycles. The molecule has 1 aliphatic carbocycles. The van der Waals surface area contributed by atoms with Crippen molar-refractivity contribution in [3.63, 3.8) is 0 Å². The predicted octanol–water partition coefficient (Wildman–Crippen LogP) is 4.56. The van der Waals surface area contributed by atoms with Gasteiger partial charge in [-0.05, 0) is 47.7 Å². The Hall–Kier alpha value is -2.73. The minimum atomic E-state index is -0.113. The van der Waals surface area contributed by atoms with Crippen LogP contribution in [-0.2, 0) is 13.0 Å². The normalized spacial score (nSPS) is 16.8. The van der Waals surface area contributed by atoms with Crippen molar-refractivity contribution in [1.82, 2.24) is 15.2 Å². The van der Waals surface area contributed by atoms with Gasteiger partial charge in [0.2, 0.25) is 0 Å². The molecule has 0 unspecified atom stereocenters. The van der Waals surface area contributed by atoms with Crippen LogP contribution in [0.4, 0.5) is 0 Å². The Morgan fingerprint density at radius 2 is 2.00 bits per heavy atom. The van der Waals surface area contributed by atoms with E-state index in [4.69, 9.17) is 0 Å². The summed E-state index contributed by atoms with van der Waals surface area (Å²) in [5.41, 5.74) is 3.80. The molecule has 0 atom stereocenters. The maximum absolute atomic E-state index is 13.3. The molecule has 5 nitrogen and oxygen atoms in total. The SMILES string of the molecule is O=C(NCCc1ccsc1)c1c2c(nc3ccccc13)C(=O)N(C1CCCCC1)C2. The highest BCUT2D eigenvalue weighted by Gasteiger charge is 2.37. The summed E-state index contributed by atoms with van der Waals surface area (Å²) in [7, 11) is 0. The summed E-state index contributed by atoms with van der Waals surface area (Å²) in [5.74, 6) is -0.131. The average Bonchev–Trinajstić information content (AvgIpc) is 3.41. The molecule has 2 aromatic heterocycles. The molecule has 0 spiro atoms. The topological polar surface area (TPSA) is 62.3 Å². The van der Waals surface area contributed by atoms with Gasteiger partial charge in [0.1, 0.15) is 5.69 Å². The molecule has 1 fully saturated rings. The summed E-state index contributed by atoms with van der Waals surface area (Å²) in [6, 6.07) is 9.99. The maximum Gasteiger partial charge on any atom is 0.273 e. The molecule has 154 valence electrons. The standard InChI is InChI=1S/C24H25N3O2S/c28-23(25-12-10-16-11-13-30-15-16)21-18-8-4-5-9-20(18)26-22-19(21)14-27(24(22)29)17-6-2-1-3-7-17/h4-5,8-9,11,13,15,17H,1-3,6-7,10,12,14H2,(H,25,28). The summed E-state index contributed by atoms with van der Waals surface area (Å²) >= 11 is 1.66. The van der Waals surface area contributed by atoms with Crippen molar-refractivity contribution in [3.05, 3.63) is 63.5 Å². The van der Waals surface area contributed by atoms with Gasteiger partial charge >= 0.3 is 0 Å². The average molecular weight is 420 g/mol. The molecule has 1 saturated carbocycles. The lowest BCUT2D eigenvalue weighted by Gasteiger charge is -2.30. The molecule has 2 aliphatic rings. The zero-order chi connectivity index (χ0) is 20.5. The van der Waals surface area contributed by atoms with Gasteiger partial charge < -0.3 is 10.2 Å². The first-order valence-corrected chi connectivity index (χ1v) is 11.7. The fraction of sp³-hybridized carbons (Fsp3) is 0.375. The van der Waals surface area contributed by atoms with Crippen molar-refractivity contribution < 1.29 is 9.59 Å². The molecular formula is C24H25N3O2S. The van der Waals surface area contributed by atoms with E-state index < -0.39 is 0 Å². The molecule has 30 heavy (non-hydrogen) atoms.